The number of benzene rings is 2. The third-order valence-corrected chi connectivity index (χ3v) is 10.8. The van der Waals surface area contributed by atoms with Crippen LogP contribution in [0.1, 0.15) is 86.9 Å². The van der Waals surface area contributed by atoms with Crippen LogP contribution in [0, 0.1) is 5.92 Å². The van der Waals surface area contributed by atoms with E-state index in [-0.39, 0.29) is 18.7 Å². The van der Waals surface area contributed by atoms with E-state index in [1.807, 2.05) is 36.4 Å². The highest BCUT2D eigenvalue weighted by Gasteiger charge is 2.46. The number of likely N-dealkylation sites (tertiary alicyclic amines) is 1. The summed E-state index contributed by atoms with van der Waals surface area (Å²) in [6.07, 6.45) is 7.00. The van der Waals surface area contributed by atoms with Crippen LogP contribution in [0.4, 0.5) is 11.5 Å². The van der Waals surface area contributed by atoms with Gasteiger partial charge in [-0.3, -0.25) is 39.1 Å². The molecule has 0 aliphatic carbocycles. The van der Waals surface area contributed by atoms with E-state index in [2.05, 4.69) is 43.5 Å². The molecular formula is C38H39N7O5. The molecule has 4 aliphatic heterocycles. The lowest BCUT2D eigenvalue weighted by molar-refractivity contribution is -0.136. The number of imide groups is 2. The summed E-state index contributed by atoms with van der Waals surface area (Å²) in [5.74, 6) is -1.27. The summed E-state index contributed by atoms with van der Waals surface area (Å²) in [5.41, 5.74) is 5.18. The van der Waals surface area contributed by atoms with Gasteiger partial charge in [0.25, 0.3) is 17.7 Å². The number of piperidine rings is 2. The molecule has 0 spiro atoms. The highest BCUT2D eigenvalue weighted by atomic mass is 16.2. The standard InChI is InChI=1S/C38H39N7O5/c1-43-15-3-6-29(43)28-19-25-21-39-32(20-27(25)40-28)41-35(47)24-9-7-22(8-10-24)18-23-13-16-44(17-14-23)30-5-2-4-26-34(30)38(50)45(37(26)49)31-11-12-33(46)42-36(31)48/h2,4-5,7-10,19-21,23,29,31,40H,3,6,11-18H2,1H3,(H,39,41,47)(H,42,46,48)/t29-,31?/m1/s1. The molecule has 5 amide bonds. The van der Waals surface area contributed by atoms with Crippen molar-refractivity contribution in [1.82, 2.24) is 25.1 Å². The smallest absolute Gasteiger partial charge is 0.264 e. The van der Waals surface area contributed by atoms with Crippen molar-refractivity contribution in [2.45, 2.75) is 57.0 Å². The van der Waals surface area contributed by atoms with Crippen LogP contribution >= 0.6 is 0 Å². The third-order valence-electron chi connectivity index (χ3n) is 10.8. The fraction of sp³-hybridized carbons (Fsp3) is 0.368. The first-order valence-corrected chi connectivity index (χ1v) is 17.4. The van der Waals surface area contributed by atoms with E-state index in [1.54, 1.807) is 18.3 Å². The minimum atomic E-state index is -0.987. The van der Waals surface area contributed by atoms with Gasteiger partial charge < -0.3 is 15.2 Å². The van der Waals surface area contributed by atoms with Crippen LogP contribution in [0.15, 0.2) is 60.8 Å². The van der Waals surface area contributed by atoms with Crippen LogP contribution in [0.5, 0.6) is 0 Å². The Morgan fingerprint density at radius 3 is 2.46 bits per heavy atom. The van der Waals surface area contributed by atoms with Crippen LogP contribution in [0.2, 0.25) is 0 Å². The van der Waals surface area contributed by atoms with E-state index in [9.17, 15) is 24.0 Å². The zero-order valence-electron chi connectivity index (χ0n) is 27.9. The largest absolute Gasteiger partial charge is 0.371 e. The molecule has 12 nitrogen and oxygen atoms in total. The van der Waals surface area contributed by atoms with Gasteiger partial charge in [-0.15, -0.1) is 0 Å². The van der Waals surface area contributed by atoms with Gasteiger partial charge >= 0.3 is 0 Å². The normalized spacial score (nSPS) is 21.6. The van der Waals surface area contributed by atoms with Crippen molar-refractivity contribution >= 4 is 51.9 Å². The number of fused-ring (bicyclic) bond motifs is 2. The highest BCUT2D eigenvalue weighted by molar-refractivity contribution is 6.25. The number of nitrogens with one attached hydrogen (secondary N) is 3. The fourth-order valence-electron chi connectivity index (χ4n) is 8.05. The Kier molecular flexibility index (Phi) is 8.18. The van der Waals surface area contributed by atoms with E-state index in [4.69, 9.17) is 0 Å². The summed E-state index contributed by atoms with van der Waals surface area (Å²) < 4.78 is 0. The SMILES string of the molecule is CN1CCC[C@@H]1c1cc2cnc(NC(=O)c3ccc(CC4CCN(c5cccc6c5C(=O)N(C5CCC(=O)NC5=O)C6=O)CC4)cc3)cc2[nH]1. The van der Waals surface area contributed by atoms with Gasteiger partial charge in [0.05, 0.1) is 22.3 Å². The summed E-state index contributed by atoms with van der Waals surface area (Å²) in [6.45, 7) is 2.54. The van der Waals surface area contributed by atoms with E-state index in [1.165, 1.54) is 12.1 Å². The lowest BCUT2D eigenvalue weighted by Crippen LogP contribution is -2.54. The van der Waals surface area contributed by atoms with E-state index in [0.29, 0.717) is 40.2 Å². The molecule has 2 aromatic carbocycles. The monoisotopic (exact) mass is 673 g/mol. The van der Waals surface area contributed by atoms with Gasteiger partial charge in [0.15, 0.2) is 0 Å². The second-order valence-electron chi connectivity index (χ2n) is 14.0. The van der Waals surface area contributed by atoms with Crippen LogP contribution < -0.4 is 15.5 Å². The van der Waals surface area contributed by atoms with Gasteiger partial charge in [-0.2, -0.15) is 0 Å². The Hall–Kier alpha value is -5.36. The molecule has 4 aromatic rings. The van der Waals surface area contributed by atoms with Crippen molar-refractivity contribution in [3.63, 3.8) is 0 Å². The molecule has 50 heavy (non-hydrogen) atoms. The van der Waals surface area contributed by atoms with Gasteiger partial charge in [0.1, 0.15) is 11.9 Å². The maximum atomic E-state index is 13.6. The lowest BCUT2D eigenvalue weighted by Gasteiger charge is -2.34. The van der Waals surface area contributed by atoms with Gasteiger partial charge in [-0.25, -0.2) is 4.98 Å². The van der Waals surface area contributed by atoms with E-state index >= 15 is 0 Å². The summed E-state index contributed by atoms with van der Waals surface area (Å²) in [5, 5.41) is 6.22. The predicted octanol–water partition coefficient (Wildman–Crippen LogP) is 4.44. The summed E-state index contributed by atoms with van der Waals surface area (Å²) in [6, 6.07) is 16.4. The molecule has 0 saturated carbocycles. The van der Waals surface area contributed by atoms with Crippen molar-refractivity contribution in [2.75, 3.05) is 36.9 Å². The number of amides is 5. The van der Waals surface area contributed by atoms with Crippen molar-refractivity contribution in [2.24, 2.45) is 5.92 Å². The number of H-pyrrole nitrogens is 1. The number of carbonyl (C=O) groups is 5. The highest BCUT2D eigenvalue weighted by Crippen LogP contribution is 2.36. The maximum Gasteiger partial charge on any atom is 0.264 e. The molecule has 2 atom stereocenters. The first-order chi connectivity index (χ1) is 24.2. The Morgan fingerprint density at radius 2 is 1.72 bits per heavy atom. The molecule has 12 heteroatoms. The van der Waals surface area contributed by atoms with E-state index < -0.39 is 29.7 Å². The number of nitrogens with zero attached hydrogens (tertiary/aromatic N) is 4. The van der Waals surface area contributed by atoms with Crippen LogP contribution in [0.25, 0.3) is 10.9 Å². The van der Waals surface area contributed by atoms with Gasteiger partial charge in [0, 0.05) is 54.5 Å². The lowest BCUT2D eigenvalue weighted by atomic mass is 9.89. The van der Waals surface area contributed by atoms with Crippen LogP contribution in [-0.4, -0.2) is 82.0 Å². The summed E-state index contributed by atoms with van der Waals surface area (Å²) in [4.78, 5) is 77.6. The quantitative estimate of drug-likeness (QED) is 0.244. The molecule has 256 valence electrons. The molecule has 0 bridgehead atoms. The van der Waals surface area contributed by atoms with Gasteiger partial charge in [-0.1, -0.05) is 18.2 Å². The molecular weight excluding hydrogens is 634 g/mol. The topological polar surface area (TPSA) is 148 Å². The van der Waals surface area contributed by atoms with E-state index in [0.717, 1.165) is 66.7 Å². The number of anilines is 2. The average molecular weight is 674 g/mol. The Labute approximate surface area is 289 Å². The summed E-state index contributed by atoms with van der Waals surface area (Å²) >= 11 is 0. The Bertz CT molecular complexity index is 2030. The Balaban J connectivity index is 0.872. The van der Waals surface area contributed by atoms with Crippen molar-refractivity contribution in [3.05, 3.63) is 88.7 Å². The first kappa shape index (κ1) is 31.9. The average Bonchev–Trinajstić information content (AvgIpc) is 3.81. The van der Waals surface area contributed by atoms with Crippen molar-refractivity contribution < 1.29 is 24.0 Å². The Morgan fingerprint density at radius 1 is 0.920 bits per heavy atom. The van der Waals surface area contributed by atoms with Crippen molar-refractivity contribution in [1.29, 1.82) is 0 Å². The predicted molar refractivity (Wildman–Crippen MR) is 187 cm³/mol. The molecule has 1 unspecified atom stereocenters. The molecule has 2 aromatic heterocycles. The van der Waals surface area contributed by atoms with Gasteiger partial charge in [-0.05, 0) is 93.9 Å². The zero-order valence-corrected chi connectivity index (χ0v) is 27.9. The second-order valence-corrected chi connectivity index (χ2v) is 14.0. The second kappa shape index (κ2) is 12.8. The molecule has 8 rings (SSSR count). The number of aromatic nitrogens is 2. The molecule has 3 N–H and O–H groups in total. The molecule has 3 fully saturated rings. The minimum Gasteiger partial charge on any atom is -0.371 e. The number of pyridine rings is 1. The third kappa shape index (κ3) is 5.83. The fourth-order valence-corrected chi connectivity index (χ4v) is 8.05. The number of aromatic amines is 1. The number of rotatable bonds is 7. The first-order valence-electron chi connectivity index (χ1n) is 17.4. The molecule has 3 saturated heterocycles. The number of carbonyl (C=O) groups excluding carboxylic acids is 5. The minimum absolute atomic E-state index is 0.0854. The molecule has 6 heterocycles. The maximum absolute atomic E-state index is 13.6. The van der Waals surface area contributed by atoms with Crippen LogP contribution in [0.3, 0.4) is 0 Å². The zero-order chi connectivity index (χ0) is 34.5. The van der Waals surface area contributed by atoms with Crippen LogP contribution in [-0.2, 0) is 16.0 Å². The molecule has 0 radical (unpaired) electrons. The summed E-state index contributed by atoms with van der Waals surface area (Å²) in [7, 11) is 2.15. The van der Waals surface area contributed by atoms with Gasteiger partial charge in [0.2, 0.25) is 11.8 Å². The number of hydrogen-bond acceptors (Lipinski definition) is 8. The van der Waals surface area contributed by atoms with Crippen molar-refractivity contribution in [3.8, 4) is 0 Å². The molecule has 4 aliphatic rings. The number of hydrogen-bond donors (Lipinski definition) is 3.